The number of amides is 2. The van der Waals surface area contributed by atoms with E-state index in [1.807, 2.05) is 6.92 Å². The predicted molar refractivity (Wildman–Crippen MR) is 124 cm³/mol. The van der Waals surface area contributed by atoms with Gasteiger partial charge in [-0.3, -0.25) is 9.59 Å². The number of carbonyl (C=O) groups is 3. The molecular formula is C22H29N3O6S2. The third kappa shape index (κ3) is 5.04. The number of hydrogen-bond donors (Lipinski definition) is 1. The SMILES string of the molecule is C[C@]12CCC(=O)N1[C@H](C(=O)OCC(=O)Nc1cccc(S(=O)(=O)N3CCCCCC3)c1)CS2. The number of carbonyl (C=O) groups excluding carboxylic acids is 3. The fourth-order valence-corrected chi connectivity index (χ4v) is 7.57. The predicted octanol–water partition coefficient (Wildman–Crippen LogP) is 2.19. The van der Waals surface area contributed by atoms with Gasteiger partial charge in [0.25, 0.3) is 5.91 Å². The summed E-state index contributed by atoms with van der Waals surface area (Å²) in [5.41, 5.74) is 0.311. The van der Waals surface area contributed by atoms with E-state index in [1.165, 1.54) is 16.4 Å². The first-order valence-corrected chi connectivity index (χ1v) is 13.7. The summed E-state index contributed by atoms with van der Waals surface area (Å²) in [4.78, 5) is 38.4. The van der Waals surface area contributed by atoms with Gasteiger partial charge < -0.3 is 15.0 Å². The minimum Gasteiger partial charge on any atom is -0.454 e. The van der Waals surface area contributed by atoms with Gasteiger partial charge in [0.1, 0.15) is 6.04 Å². The number of nitrogens with one attached hydrogen (secondary N) is 1. The van der Waals surface area contributed by atoms with Gasteiger partial charge in [0, 0.05) is 31.0 Å². The van der Waals surface area contributed by atoms with E-state index in [2.05, 4.69) is 5.32 Å². The highest BCUT2D eigenvalue weighted by Gasteiger charge is 2.53. The molecule has 3 aliphatic heterocycles. The van der Waals surface area contributed by atoms with Crippen molar-refractivity contribution in [2.45, 2.75) is 61.3 Å². The van der Waals surface area contributed by atoms with Crippen LogP contribution in [0, 0.1) is 0 Å². The third-order valence-corrected chi connectivity index (χ3v) is 9.78. The van der Waals surface area contributed by atoms with Crippen LogP contribution in [0.4, 0.5) is 5.69 Å². The number of thioether (sulfide) groups is 1. The van der Waals surface area contributed by atoms with Crippen LogP contribution in [0.25, 0.3) is 0 Å². The number of rotatable bonds is 6. The molecule has 2 atom stereocenters. The number of ether oxygens (including phenoxy) is 1. The number of sulfonamides is 1. The van der Waals surface area contributed by atoms with Crippen molar-refractivity contribution < 1.29 is 27.5 Å². The first kappa shape index (κ1) is 24.0. The molecule has 0 bridgehead atoms. The fraction of sp³-hybridized carbons (Fsp3) is 0.591. The second-order valence-corrected chi connectivity index (χ2v) is 12.2. The lowest BCUT2D eigenvalue weighted by atomic mass is 10.2. The Kier molecular flexibility index (Phi) is 7.01. The van der Waals surface area contributed by atoms with Crippen molar-refractivity contribution in [3.8, 4) is 0 Å². The molecule has 0 saturated carbocycles. The number of hydrogen-bond acceptors (Lipinski definition) is 7. The molecule has 4 rings (SSSR count). The van der Waals surface area contributed by atoms with E-state index < -0.39 is 34.5 Å². The minimum atomic E-state index is -3.64. The highest BCUT2D eigenvalue weighted by molar-refractivity contribution is 8.01. The van der Waals surface area contributed by atoms with Gasteiger partial charge in [-0.05, 0) is 44.4 Å². The average Bonchev–Trinajstić information content (AvgIpc) is 3.12. The Hall–Kier alpha value is -2.11. The molecule has 2 amide bonds. The molecule has 1 aromatic carbocycles. The van der Waals surface area contributed by atoms with Gasteiger partial charge in [-0.2, -0.15) is 4.31 Å². The lowest BCUT2D eigenvalue weighted by Gasteiger charge is -2.29. The molecule has 11 heteroatoms. The van der Waals surface area contributed by atoms with E-state index >= 15 is 0 Å². The van der Waals surface area contributed by atoms with Gasteiger partial charge in [0.15, 0.2) is 6.61 Å². The summed E-state index contributed by atoms with van der Waals surface area (Å²) >= 11 is 1.55. The number of esters is 1. The minimum absolute atomic E-state index is 0.0728. The van der Waals surface area contributed by atoms with Crippen molar-refractivity contribution in [1.29, 1.82) is 0 Å². The smallest absolute Gasteiger partial charge is 0.330 e. The summed E-state index contributed by atoms with van der Waals surface area (Å²) in [5, 5.41) is 2.59. The summed E-state index contributed by atoms with van der Waals surface area (Å²) in [7, 11) is -3.64. The molecule has 0 aromatic heterocycles. The molecule has 3 aliphatic rings. The Morgan fingerprint density at radius 2 is 1.94 bits per heavy atom. The molecule has 3 fully saturated rings. The van der Waals surface area contributed by atoms with Crippen LogP contribution in [-0.4, -0.2) is 71.8 Å². The number of benzene rings is 1. The van der Waals surface area contributed by atoms with E-state index in [-0.39, 0.29) is 15.7 Å². The van der Waals surface area contributed by atoms with Crippen LogP contribution < -0.4 is 5.32 Å². The second-order valence-electron chi connectivity index (χ2n) is 8.77. The van der Waals surface area contributed by atoms with Crippen molar-refractivity contribution in [2.75, 3.05) is 30.8 Å². The van der Waals surface area contributed by atoms with E-state index in [0.29, 0.717) is 37.4 Å². The zero-order chi connectivity index (χ0) is 23.6. The van der Waals surface area contributed by atoms with E-state index in [9.17, 15) is 22.8 Å². The number of nitrogens with zero attached hydrogens (tertiary/aromatic N) is 2. The molecule has 0 radical (unpaired) electrons. The molecular weight excluding hydrogens is 466 g/mol. The molecule has 1 N–H and O–H groups in total. The average molecular weight is 496 g/mol. The van der Waals surface area contributed by atoms with Crippen LogP contribution in [0.3, 0.4) is 0 Å². The first-order valence-electron chi connectivity index (χ1n) is 11.2. The van der Waals surface area contributed by atoms with Crippen LogP contribution in [0.5, 0.6) is 0 Å². The Labute approximate surface area is 198 Å². The Morgan fingerprint density at radius 1 is 1.21 bits per heavy atom. The van der Waals surface area contributed by atoms with Crippen molar-refractivity contribution in [3.05, 3.63) is 24.3 Å². The van der Waals surface area contributed by atoms with Gasteiger partial charge in [-0.1, -0.05) is 18.9 Å². The molecule has 0 unspecified atom stereocenters. The summed E-state index contributed by atoms with van der Waals surface area (Å²) in [6.45, 7) is 2.41. The normalized spacial score (nSPS) is 26.0. The first-order chi connectivity index (χ1) is 15.7. The molecule has 33 heavy (non-hydrogen) atoms. The number of anilines is 1. The van der Waals surface area contributed by atoms with Crippen molar-refractivity contribution in [2.24, 2.45) is 0 Å². The van der Waals surface area contributed by atoms with Gasteiger partial charge in [-0.15, -0.1) is 11.8 Å². The summed E-state index contributed by atoms with van der Waals surface area (Å²) in [6.07, 6.45) is 4.81. The summed E-state index contributed by atoms with van der Waals surface area (Å²) in [5.74, 6) is -0.807. The zero-order valence-corrected chi connectivity index (χ0v) is 20.3. The molecule has 3 saturated heterocycles. The van der Waals surface area contributed by atoms with Gasteiger partial charge in [-0.25, -0.2) is 13.2 Å². The van der Waals surface area contributed by atoms with E-state index in [1.54, 1.807) is 28.8 Å². The Balaban J connectivity index is 1.34. The van der Waals surface area contributed by atoms with Gasteiger partial charge in [0.2, 0.25) is 15.9 Å². The largest absolute Gasteiger partial charge is 0.454 e. The summed E-state index contributed by atoms with van der Waals surface area (Å²) in [6, 6.07) is 5.40. The maximum absolute atomic E-state index is 13.0. The third-order valence-electron chi connectivity index (χ3n) is 6.38. The fourth-order valence-electron chi connectivity index (χ4n) is 4.59. The number of fused-ring (bicyclic) bond motifs is 1. The van der Waals surface area contributed by atoms with Crippen LogP contribution in [0.2, 0.25) is 0 Å². The topological polar surface area (TPSA) is 113 Å². The van der Waals surface area contributed by atoms with Crippen molar-refractivity contribution >= 4 is 45.3 Å². The van der Waals surface area contributed by atoms with Gasteiger partial charge >= 0.3 is 5.97 Å². The Morgan fingerprint density at radius 3 is 2.67 bits per heavy atom. The van der Waals surface area contributed by atoms with Crippen LogP contribution in [0.1, 0.15) is 45.4 Å². The molecule has 3 heterocycles. The van der Waals surface area contributed by atoms with Crippen LogP contribution >= 0.6 is 11.8 Å². The zero-order valence-electron chi connectivity index (χ0n) is 18.6. The lowest BCUT2D eigenvalue weighted by Crippen LogP contribution is -2.47. The monoisotopic (exact) mass is 495 g/mol. The van der Waals surface area contributed by atoms with E-state index in [4.69, 9.17) is 4.74 Å². The highest BCUT2D eigenvalue weighted by atomic mass is 32.2. The quantitative estimate of drug-likeness (QED) is 0.602. The standard InChI is InChI=1S/C22H29N3O6S2/c1-22-10-9-20(27)25(22)18(15-32-22)21(28)31-14-19(26)23-16-7-6-8-17(13-16)33(29,30)24-11-4-2-3-5-12-24/h6-8,13,18H,2-5,9-12,14-15H2,1H3,(H,23,26)/t18-,22-/m0/s1. The maximum Gasteiger partial charge on any atom is 0.330 e. The molecule has 180 valence electrons. The van der Waals surface area contributed by atoms with Crippen molar-refractivity contribution in [1.82, 2.24) is 9.21 Å². The van der Waals surface area contributed by atoms with Crippen molar-refractivity contribution in [3.63, 3.8) is 0 Å². The molecule has 9 nitrogen and oxygen atoms in total. The maximum atomic E-state index is 13.0. The van der Waals surface area contributed by atoms with E-state index in [0.717, 1.165) is 25.7 Å². The van der Waals surface area contributed by atoms with Crippen LogP contribution in [0.15, 0.2) is 29.2 Å². The highest BCUT2D eigenvalue weighted by Crippen LogP contribution is 2.47. The summed E-state index contributed by atoms with van der Waals surface area (Å²) < 4.78 is 32.7. The molecule has 1 aromatic rings. The molecule has 0 aliphatic carbocycles. The van der Waals surface area contributed by atoms with Gasteiger partial charge in [0.05, 0.1) is 9.77 Å². The Bertz CT molecular complexity index is 1040. The second kappa shape index (κ2) is 9.63. The molecule has 0 spiro atoms. The van der Waals surface area contributed by atoms with Crippen LogP contribution in [-0.2, 0) is 29.1 Å². The lowest BCUT2D eigenvalue weighted by molar-refractivity contribution is -0.155.